The molecule has 0 radical (unpaired) electrons. The number of carbonyl (C=O) groups is 3. The molecule has 0 spiro atoms. The number of hydrogen-bond acceptors (Lipinski definition) is 8. The van der Waals surface area contributed by atoms with Gasteiger partial charge < -0.3 is 25.8 Å². The summed E-state index contributed by atoms with van der Waals surface area (Å²) in [4.78, 5) is 39.5. The van der Waals surface area contributed by atoms with Crippen LogP contribution >= 0.6 is 21.6 Å². The Morgan fingerprint density at radius 2 is 1.64 bits per heavy atom. The SMILES string of the molecule is CC.CCC.COCC(C)(C)[C@@H](O)C(=O)NCCC(=O)NCCSSCCNC(=O)c1cccnc1. The maximum Gasteiger partial charge on any atom is 0.252 e. The summed E-state index contributed by atoms with van der Waals surface area (Å²) in [5.74, 6) is 0.646. The van der Waals surface area contributed by atoms with E-state index in [0.717, 1.165) is 11.5 Å². The van der Waals surface area contributed by atoms with E-state index in [-0.39, 0.29) is 31.4 Å². The standard InChI is InChI=1S/C20H32N4O5S2.C3H8.C2H6/c1-20(2,14-29-3)17(26)19(28)23-8-6-16(25)22-9-11-30-31-12-10-24-18(27)15-5-4-7-21-13-15;1-3-2;1-2/h4-5,7,13,17,26H,6,8-12,14H2,1-3H3,(H,22,25)(H,23,28)(H,24,27);3H2,1-2H3;1-2H3/t17-;;/m0../s1. The fraction of sp³-hybridized carbons (Fsp3) is 0.680. The molecule has 1 aromatic rings. The van der Waals surface area contributed by atoms with Crippen LogP contribution in [0, 0.1) is 5.41 Å². The van der Waals surface area contributed by atoms with Crippen LogP contribution in [-0.4, -0.2) is 78.8 Å². The number of pyridine rings is 1. The number of ether oxygens (including phenoxy) is 1. The van der Waals surface area contributed by atoms with E-state index in [2.05, 4.69) is 34.8 Å². The Morgan fingerprint density at radius 3 is 2.17 bits per heavy atom. The van der Waals surface area contributed by atoms with Crippen molar-refractivity contribution in [2.45, 2.75) is 60.5 Å². The number of amides is 3. The molecule has 1 rings (SSSR count). The number of rotatable bonds is 15. The summed E-state index contributed by atoms with van der Waals surface area (Å²) in [6.45, 7) is 13.2. The molecule has 36 heavy (non-hydrogen) atoms. The molecular weight excluding hydrogens is 500 g/mol. The molecule has 0 fully saturated rings. The Labute approximate surface area is 225 Å². The number of aliphatic hydroxyl groups excluding tert-OH is 1. The normalized spacial score (nSPS) is 11.1. The molecule has 1 atom stereocenters. The van der Waals surface area contributed by atoms with Crippen LogP contribution < -0.4 is 16.0 Å². The maximum atomic E-state index is 12.0. The van der Waals surface area contributed by atoms with Crippen LogP contribution in [0.4, 0.5) is 0 Å². The summed E-state index contributed by atoms with van der Waals surface area (Å²) in [5.41, 5.74) is -0.176. The molecule has 0 aliphatic heterocycles. The zero-order valence-electron chi connectivity index (χ0n) is 22.9. The van der Waals surface area contributed by atoms with Crippen LogP contribution in [0.15, 0.2) is 24.5 Å². The van der Waals surface area contributed by atoms with Crippen molar-refractivity contribution >= 4 is 39.3 Å². The Bertz CT molecular complexity index is 709. The van der Waals surface area contributed by atoms with Gasteiger partial charge in [0.15, 0.2) is 0 Å². The van der Waals surface area contributed by atoms with Crippen LogP contribution in [-0.2, 0) is 14.3 Å². The van der Waals surface area contributed by atoms with E-state index in [1.54, 1.807) is 53.8 Å². The summed E-state index contributed by atoms with van der Waals surface area (Å²) in [6.07, 6.45) is 3.32. The van der Waals surface area contributed by atoms with Crippen molar-refractivity contribution < 1.29 is 24.2 Å². The van der Waals surface area contributed by atoms with Crippen LogP contribution in [0.2, 0.25) is 0 Å². The largest absolute Gasteiger partial charge is 0.384 e. The highest BCUT2D eigenvalue weighted by molar-refractivity contribution is 8.76. The molecule has 0 saturated heterocycles. The average Bonchev–Trinajstić information content (AvgIpc) is 2.87. The molecule has 0 bridgehead atoms. The summed E-state index contributed by atoms with van der Waals surface area (Å²) in [7, 11) is 4.73. The van der Waals surface area contributed by atoms with Gasteiger partial charge in [0.1, 0.15) is 6.10 Å². The molecule has 9 nitrogen and oxygen atoms in total. The number of aromatic nitrogens is 1. The molecule has 11 heteroatoms. The molecule has 1 aromatic heterocycles. The van der Waals surface area contributed by atoms with Crippen molar-refractivity contribution in [1.82, 2.24) is 20.9 Å². The molecule has 0 aliphatic rings. The predicted octanol–water partition coefficient (Wildman–Crippen LogP) is 3.29. The second-order valence-corrected chi connectivity index (χ2v) is 10.8. The molecule has 0 unspecified atom stereocenters. The summed E-state index contributed by atoms with van der Waals surface area (Å²) in [5, 5.41) is 18.2. The first-order valence-corrected chi connectivity index (χ1v) is 14.8. The minimum absolute atomic E-state index is 0.140. The topological polar surface area (TPSA) is 130 Å². The highest BCUT2D eigenvalue weighted by atomic mass is 33.1. The lowest BCUT2D eigenvalue weighted by molar-refractivity contribution is -0.137. The van der Waals surface area contributed by atoms with Gasteiger partial charge in [0.25, 0.3) is 5.91 Å². The van der Waals surface area contributed by atoms with E-state index in [0.29, 0.717) is 18.7 Å². The Balaban J connectivity index is 0. The van der Waals surface area contributed by atoms with E-state index < -0.39 is 17.4 Å². The van der Waals surface area contributed by atoms with Crippen LogP contribution in [0.3, 0.4) is 0 Å². The van der Waals surface area contributed by atoms with Crippen molar-refractivity contribution in [3.8, 4) is 0 Å². The van der Waals surface area contributed by atoms with E-state index in [9.17, 15) is 19.5 Å². The first-order chi connectivity index (χ1) is 17.2. The Kier molecular flexibility index (Phi) is 23.8. The zero-order valence-corrected chi connectivity index (χ0v) is 24.5. The maximum absolute atomic E-state index is 12.0. The van der Waals surface area contributed by atoms with Gasteiger partial charge in [0.05, 0.1) is 12.2 Å². The molecule has 0 aromatic carbocycles. The number of carbonyl (C=O) groups excluding carboxylic acids is 3. The lowest BCUT2D eigenvalue weighted by atomic mass is 9.87. The van der Waals surface area contributed by atoms with Crippen molar-refractivity contribution in [2.24, 2.45) is 5.41 Å². The lowest BCUT2D eigenvalue weighted by Crippen LogP contribution is -2.46. The van der Waals surface area contributed by atoms with Crippen LogP contribution in [0.1, 0.15) is 64.7 Å². The Hall–Kier alpha value is -1.82. The third-order valence-corrected chi connectivity index (χ3v) is 6.55. The minimum atomic E-state index is -1.21. The summed E-state index contributed by atoms with van der Waals surface area (Å²) < 4.78 is 5.01. The van der Waals surface area contributed by atoms with Gasteiger partial charge in [0, 0.05) is 62.5 Å². The number of nitrogens with one attached hydrogen (secondary N) is 3. The molecular formula is C25H46N4O5S2. The fourth-order valence-electron chi connectivity index (χ4n) is 2.45. The average molecular weight is 547 g/mol. The molecule has 0 aliphatic carbocycles. The predicted molar refractivity (Wildman–Crippen MR) is 151 cm³/mol. The van der Waals surface area contributed by atoms with Crippen molar-refractivity contribution in [3.63, 3.8) is 0 Å². The Morgan fingerprint density at radius 1 is 1.06 bits per heavy atom. The van der Waals surface area contributed by atoms with Crippen molar-refractivity contribution in [1.29, 1.82) is 0 Å². The molecule has 4 N–H and O–H groups in total. The van der Waals surface area contributed by atoms with Gasteiger partial charge >= 0.3 is 0 Å². The first-order valence-electron chi connectivity index (χ1n) is 12.3. The van der Waals surface area contributed by atoms with E-state index in [1.165, 1.54) is 19.7 Å². The van der Waals surface area contributed by atoms with Gasteiger partial charge in [-0.25, -0.2) is 0 Å². The molecule has 3 amide bonds. The van der Waals surface area contributed by atoms with Gasteiger partial charge in [-0.2, -0.15) is 0 Å². The number of aliphatic hydroxyl groups is 1. The van der Waals surface area contributed by atoms with Crippen molar-refractivity contribution in [2.75, 3.05) is 44.9 Å². The third-order valence-electron chi connectivity index (χ3n) is 4.14. The number of nitrogens with zero attached hydrogens (tertiary/aromatic N) is 1. The molecule has 208 valence electrons. The first kappa shape index (κ1) is 36.3. The van der Waals surface area contributed by atoms with Crippen molar-refractivity contribution in [3.05, 3.63) is 30.1 Å². The highest BCUT2D eigenvalue weighted by Gasteiger charge is 2.33. The highest BCUT2D eigenvalue weighted by Crippen LogP contribution is 2.21. The van der Waals surface area contributed by atoms with E-state index >= 15 is 0 Å². The quantitative estimate of drug-likeness (QED) is 0.195. The lowest BCUT2D eigenvalue weighted by Gasteiger charge is -2.28. The zero-order chi connectivity index (χ0) is 27.8. The number of methoxy groups -OCH3 is 1. The molecule has 1 heterocycles. The van der Waals surface area contributed by atoms with Gasteiger partial charge in [-0.1, -0.05) is 69.6 Å². The van der Waals surface area contributed by atoms with Crippen LogP contribution in [0.25, 0.3) is 0 Å². The second kappa shape index (κ2) is 23.6. The van der Waals surface area contributed by atoms with Gasteiger partial charge in [-0.15, -0.1) is 0 Å². The fourth-order valence-corrected chi connectivity index (χ4v) is 4.26. The van der Waals surface area contributed by atoms with Gasteiger partial charge in [0.2, 0.25) is 11.8 Å². The monoisotopic (exact) mass is 546 g/mol. The summed E-state index contributed by atoms with van der Waals surface area (Å²) >= 11 is 0. The van der Waals surface area contributed by atoms with E-state index in [1.807, 2.05) is 13.8 Å². The minimum Gasteiger partial charge on any atom is -0.384 e. The molecule has 0 saturated carbocycles. The van der Waals surface area contributed by atoms with E-state index in [4.69, 9.17) is 4.74 Å². The summed E-state index contributed by atoms with van der Waals surface area (Å²) in [6, 6.07) is 3.43. The smallest absolute Gasteiger partial charge is 0.252 e. The van der Waals surface area contributed by atoms with Gasteiger partial charge in [-0.3, -0.25) is 19.4 Å². The number of hydrogen-bond donors (Lipinski definition) is 4. The van der Waals surface area contributed by atoms with Gasteiger partial charge in [-0.05, 0) is 12.1 Å². The van der Waals surface area contributed by atoms with Crippen LogP contribution in [0.5, 0.6) is 0 Å². The third kappa shape index (κ3) is 18.4. The second-order valence-electron chi connectivity index (χ2n) is 8.06.